The number of amides is 1. The summed E-state index contributed by atoms with van der Waals surface area (Å²) in [5.74, 6) is 0.175. The highest BCUT2D eigenvalue weighted by molar-refractivity contribution is 5.86. The molecule has 0 saturated heterocycles. The quantitative estimate of drug-likeness (QED) is 0.581. The number of rotatable bonds is 6. The molecule has 27 heavy (non-hydrogen) atoms. The summed E-state index contributed by atoms with van der Waals surface area (Å²) in [5, 5.41) is 19.7. The Labute approximate surface area is 157 Å². The van der Waals surface area contributed by atoms with E-state index in [-0.39, 0.29) is 11.7 Å². The molecule has 0 saturated carbocycles. The number of hydrogen-bond donors (Lipinski definition) is 3. The third-order valence-electron chi connectivity index (χ3n) is 4.73. The monoisotopic (exact) mass is 362 g/mol. The standard InChI is InChI=1S/C20H22N6O/c1-12-14-6-3-4-7-17(14)24-13(2)15(12)10-19(27)23-9-5-8-18-16(11-21)20(22)26-25-18/h3-4,6-7H,5,8-10H2,1-2H3,(H,23,27)(H3,22,25,26). The largest absolute Gasteiger partial charge is 0.381 e. The van der Waals surface area contributed by atoms with Crippen molar-refractivity contribution in [2.24, 2.45) is 0 Å². The van der Waals surface area contributed by atoms with Crippen LogP contribution in [-0.2, 0) is 17.6 Å². The first-order valence-corrected chi connectivity index (χ1v) is 8.85. The number of nitrogens with zero attached hydrogens (tertiary/aromatic N) is 3. The fourth-order valence-corrected chi connectivity index (χ4v) is 3.25. The van der Waals surface area contributed by atoms with Crippen molar-refractivity contribution in [1.29, 1.82) is 5.26 Å². The number of carbonyl (C=O) groups is 1. The highest BCUT2D eigenvalue weighted by Crippen LogP contribution is 2.22. The lowest BCUT2D eigenvalue weighted by Crippen LogP contribution is -2.27. The molecule has 2 heterocycles. The van der Waals surface area contributed by atoms with Gasteiger partial charge in [0.25, 0.3) is 0 Å². The number of nitriles is 1. The first-order valence-electron chi connectivity index (χ1n) is 8.85. The number of benzene rings is 1. The van der Waals surface area contributed by atoms with Crippen molar-refractivity contribution < 1.29 is 4.79 Å². The van der Waals surface area contributed by atoms with Crippen LogP contribution in [0.1, 0.15) is 34.5 Å². The Kier molecular flexibility index (Phi) is 5.36. The van der Waals surface area contributed by atoms with Crippen molar-refractivity contribution in [3.8, 4) is 6.07 Å². The molecule has 0 fully saturated rings. The second-order valence-electron chi connectivity index (χ2n) is 6.52. The van der Waals surface area contributed by atoms with E-state index >= 15 is 0 Å². The molecular formula is C20H22N6O. The average Bonchev–Trinajstić information content (AvgIpc) is 3.02. The second-order valence-corrected chi connectivity index (χ2v) is 6.52. The highest BCUT2D eigenvalue weighted by Gasteiger charge is 2.13. The maximum absolute atomic E-state index is 12.4. The first-order chi connectivity index (χ1) is 13.0. The lowest BCUT2D eigenvalue weighted by molar-refractivity contribution is -0.120. The van der Waals surface area contributed by atoms with Crippen molar-refractivity contribution in [3.05, 3.63) is 52.3 Å². The molecule has 1 aromatic carbocycles. The lowest BCUT2D eigenvalue weighted by atomic mass is 9.99. The summed E-state index contributed by atoms with van der Waals surface area (Å²) >= 11 is 0. The van der Waals surface area contributed by atoms with E-state index in [1.165, 1.54) is 0 Å². The molecule has 0 aliphatic carbocycles. The maximum Gasteiger partial charge on any atom is 0.224 e. The van der Waals surface area contributed by atoms with E-state index in [9.17, 15) is 4.79 Å². The molecule has 0 unspecified atom stereocenters. The summed E-state index contributed by atoms with van der Waals surface area (Å²) < 4.78 is 0. The van der Waals surface area contributed by atoms with Crippen LogP contribution in [0, 0.1) is 25.2 Å². The number of aromatic nitrogens is 3. The topological polar surface area (TPSA) is 120 Å². The molecule has 0 spiro atoms. The minimum absolute atomic E-state index is 0.0390. The number of fused-ring (bicyclic) bond motifs is 1. The molecule has 0 atom stereocenters. The molecule has 0 radical (unpaired) electrons. The number of carbonyl (C=O) groups excluding carboxylic acids is 1. The molecule has 7 heteroatoms. The van der Waals surface area contributed by atoms with Crippen LogP contribution in [0.2, 0.25) is 0 Å². The normalized spacial score (nSPS) is 10.7. The highest BCUT2D eigenvalue weighted by atomic mass is 16.1. The van der Waals surface area contributed by atoms with Crippen LogP contribution < -0.4 is 11.1 Å². The minimum Gasteiger partial charge on any atom is -0.381 e. The molecule has 3 aromatic rings. The predicted molar refractivity (Wildman–Crippen MR) is 104 cm³/mol. The van der Waals surface area contributed by atoms with E-state index < -0.39 is 0 Å². The SMILES string of the molecule is Cc1nc2ccccc2c(C)c1CC(=O)NCCCc1[nH]nc(N)c1C#N. The Morgan fingerprint density at radius 1 is 1.33 bits per heavy atom. The number of H-pyrrole nitrogens is 1. The number of para-hydroxylation sites is 1. The summed E-state index contributed by atoms with van der Waals surface area (Å²) in [6.45, 7) is 4.49. The van der Waals surface area contributed by atoms with Gasteiger partial charge in [0.05, 0.1) is 17.6 Å². The molecule has 138 valence electrons. The van der Waals surface area contributed by atoms with Crippen LogP contribution >= 0.6 is 0 Å². The average molecular weight is 362 g/mol. The number of nitrogens with one attached hydrogen (secondary N) is 2. The van der Waals surface area contributed by atoms with Gasteiger partial charge in [-0.15, -0.1) is 0 Å². The van der Waals surface area contributed by atoms with E-state index in [4.69, 9.17) is 11.0 Å². The lowest BCUT2D eigenvalue weighted by Gasteiger charge is -2.12. The van der Waals surface area contributed by atoms with Crippen LogP contribution in [0.4, 0.5) is 5.82 Å². The smallest absolute Gasteiger partial charge is 0.224 e. The van der Waals surface area contributed by atoms with Crippen molar-refractivity contribution >= 4 is 22.6 Å². The molecule has 0 aliphatic heterocycles. The zero-order chi connectivity index (χ0) is 19.4. The Morgan fingerprint density at radius 3 is 2.89 bits per heavy atom. The van der Waals surface area contributed by atoms with Gasteiger partial charge >= 0.3 is 0 Å². The third kappa shape index (κ3) is 3.90. The molecule has 0 bridgehead atoms. The van der Waals surface area contributed by atoms with E-state index in [0.29, 0.717) is 37.1 Å². The Bertz CT molecular complexity index is 1030. The van der Waals surface area contributed by atoms with Crippen molar-refractivity contribution in [1.82, 2.24) is 20.5 Å². The number of hydrogen-bond acceptors (Lipinski definition) is 5. The predicted octanol–water partition coefficient (Wildman–Crippen LogP) is 2.32. The second kappa shape index (κ2) is 7.87. The molecule has 0 aliphatic rings. The molecule has 1 amide bonds. The van der Waals surface area contributed by atoms with Gasteiger partial charge in [0.1, 0.15) is 11.6 Å². The molecule has 2 aromatic heterocycles. The number of anilines is 1. The molecule has 3 rings (SSSR count). The summed E-state index contributed by atoms with van der Waals surface area (Å²) in [7, 11) is 0. The summed E-state index contributed by atoms with van der Waals surface area (Å²) in [6.07, 6.45) is 1.59. The van der Waals surface area contributed by atoms with Gasteiger partial charge in [-0.2, -0.15) is 10.4 Å². The minimum atomic E-state index is -0.0390. The van der Waals surface area contributed by atoms with Gasteiger partial charge in [0, 0.05) is 17.6 Å². The first kappa shape index (κ1) is 18.4. The molecule has 4 N–H and O–H groups in total. The van der Waals surface area contributed by atoms with Gasteiger partial charge in [-0.25, -0.2) is 0 Å². The fourth-order valence-electron chi connectivity index (χ4n) is 3.25. The number of nitrogens with two attached hydrogens (primary N) is 1. The summed E-state index contributed by atoms with van der Waals surface area (Å²) in [4.78, 5) is 17.0. The van der Waals surface area contributed by atoms with Crippen LogP contribution in [0.3, 0.4) is 0 Å². The number of aryl methyl sites for hydroxylation is 3. The Hall–Kier alpha value is -3.40. The van der Waals surface area contributed by atoms with Crippen LogP contribution in [0.5, 0.6) is 0 Å². The fraction of sp³-hybridized carbons (Fsp3) is 0.300. The van der Waals surface area contributed by atoms with Crippen LogP contribution in [0.15, 0.2) is 24.3 Å². The summed E-state index contributed by atoms with van der Waals surface area (Å²) in [6, 6.07) is 10.00. The number of nitrogen functional groups attached to an aromatic ring is 1. The van der Waals surface area contributed by atoms with Crippen LogP contribution in [-0.4, -0.2) is 27.6 Å². The van der Waals surface area contributed by atoms with Gasteiger partial charge in [-0.3, -0.25) is 14.9 Å². The van der Waals surface area contributed by atoms with Gasteiger partial charge in [-0.1, -0.05) is 18.2 Å². The molecular weight excluding hydrogens is 340 g/mol. The molecule has 7 nitrogen and oxygen atoms in total. The van der Waals surface area contributed by atoms with Gasteiger partial charge in [0.2, 0.25) is 5.91 Å². The van der Waals surface area contributed by atoms with E-state index in [1.54, 1.807) is 0 Å². The van der Waals surface area contributed by atoms with E-state index in [2.05, 4.69) is 20.5 Å². The van der Waals surface area contributed by atoms with Gasteiger partial charge < -0.3 is 11.1 Å². The van der Waals surface area contributed by atoms with Crippen molar-refractivity contribution in [2.45, 2.75) is 33.1 Å². The Morgan fingerprint density at radius 2 is 2.11 bits per heavy atom. The van der Waals surface area contributed by atoms with E-state index in [1.807, 2.05) is 44.2 Å². The third-order valence-corrected chi connectivity index (χ3v) is 4.73. The zero-order valence-electron chi connectivity index (χ0n) is 15.5. The maximum atomic E-state index is 12.4. The number of pyridine rings is 1. The number of aromatic amines is 1. The van der Waals surface area contributed by atoms with Crippen molar-refractivity contribution in [3.63, 3.8) is 0 Å². The Balaban J connectivity index is 1.58. The van der Waals surface area contributed by atoms with Gasteiger partial charge in [0.15, 0.2) is 5.82 Å². The summed E-state index contributed by atoms with van der Waals surface area (Å²) in [5.41, 5.74) is 10.6. The zero-order valence-corrected chi connectivity index (χ0v) is 15.5. The van der Waals surface area contributed by atoms with E-state index in [0.717, 1.165) is 27.7 Å². The van der Waals surface area contributed by atoms with Gasteiger partial charge in [-0.05, 0) is 43.9 Å². The van der Waals surface area contributed by atoms with Crippen LogP contribution in [0.25, 0.3) is 10.9 Å². The van der Waals surface area contributed by atoms with Crippen molar-refractivity contribution in [2.75, 3.05) is 12.3 Å².